The van der Waals surface area contributed by atoms with Gasteiger partial charge in [-0.05, 0) is 25.5 Å². The van der Waals surface area contributed by atoms with Crippen LogP contribution in [0.1, 0.15) is 13.3 Å². The second-order valence-corrected chi connectivity index (χ2v) is 7.34. The summed E-state index contributed by atoms with van der Waals surface area (Å²) in [5, 5.41) is 26.5. The molecule has 1 aromatic carbocycles. The summed E-state index contributed by atoms with van der Waals surface area (Å²) in [4.78, 5) is 36.3. The number of nitro benzene ring substituents is 1. The van der Waals surface area contributed by atoms with Crippen LogP contribution in [0.2, 0.25) is 0 Å². The van der Waals surface area contributed by atoms with Crippen LogP contribution in [0.4, 0.5) is 17.2 Å². The Morgan fingerprint density at radius 2 is 1.81 bits per heavy atom. The first-order valence-electron chi connectivity index (χ1n) is 10.1. The number of benzene rings is 1. The van der Waals surface area contributed by atoms with Crippen LogP contribution < -0.4 is 21.9 Å². The Kier molecular flexibility index (Phi) is 8.76. The smallest absolute Gasteiger partial charge is 0.332 e. The van der Waals surface area contributed by atoms with Gasteiger partial charge in [-0.25, -0.2) is 4.79 Å². The van der Waals surface area contributed by atoms with Crippen LogP contribution >= 0.6 is 0 Å². The van der Waals surface area contributed by atoms with Crippen LogP contribution in [0.15, 0.2) is 39.9 Å². The van der Waals surface area contributed by atoms with Crippen LogP contribution in [0.25, 0.3) is 0 Å². The zero-order valence-corrected chi connectivity index (χ0v) is 18.1. The average molecular weight is 434 g/mol. The predicted molar refractivity (Wildman–Crippen MR) is 120 cm³/mol. The number of rotatable bonds is 12. The number of nitro groups is 1. The van der Waals surface area contributed by atoms with Gasteiger partial charge in [0.1, 0.15) is 5.82 Å². The number of nitrogens with one attached hydrogen (secondary N) is 2. The fraction of sp³-hybridized carbons (Fsp3) is 0.500. The summed E-state index contributed by atoms with van der Waals surface area (Å²) in [6.45, 7) is 4.41. The van der Waals surface area contributed by atoms with Crippen molar-refractivity contribution in [1.29, 1.82) is 0 Å². The van der Waals surface area contributed by atoms with E-state index in [1.54, 1.807) is 19.2 Å². The number of aromatic nitrogens is 2. The van der Waals surface area contributed by atoms with Gasteiger partial charge in [-0.3, -0.25) is 28.9 Å². The average Bonchev–Trinajstić information content (AvgIpc) is 2.76. The molecular formula is C20H30N6O5. The molecule has 3 N–H and O–H groups in total. The molecule has 2 aromatic rings. The first kappa shape index (κ1) is 24.1. The van der Waals surface area contributed by atoms with E-state index in [1.807, 2.05) is 6.92 Å². The van der Waals surface area contributed by atoms with E-state index in [1.165, 1.54) is 29.8 Å². The van der Waals surface area contributed by atoms with Gasteiger partial charge in [0, 0.05) is 70.2 Å². The molecule has 0 bridgehead atoms. The van der Waals surface area contributed by atoms with Crippen molar-refractivity contribution in [2.75, 3.05) is 43.4 Å². The highest BCUT2D eigenvalue weighted by Crippen LogP contribution is 2.15. The summed E-state index contributed by atoms with van der Waals surface area (Å²) in [6.07, 6.45) is 0.797. The highest BCUT2D eigenvalue weighted by molar-refractivity contribution is 5.48. The van der Waals surface area contributed by atoms with Gasteiger partial charge in [0.2, 0.25) is 0 Å². The topological polar surface area (TPSA) is 135 Å². The standard InChI is InChI=1S/C20H30N6O5/c1-15(14-22-18-13-19(28)24(3)20(29)23(18)2)25(11-12-27)10-4-9-21-16-5-7-17(8-6-16)26(30)31/h5-8,13,15,21-22,27H,4,9-12,14H2,1-3H3. The second-order valence-electron chi connectivity index (χ2n) is 7.34. The SMILES string of the molecule is CC(CNc1cc(=O)n(C)c(=O)n1C)N(CCO)CCCNc1ccc([N+](=O)[O-])cc1. The minimum atomic E-state index is -0.433. The molecule has 0 radical (unpaired) electrons. The van der Waals surface area contributed by atoms with E-state index in [4.69, 9.17) is 0 Å². The molecule has 0 aliphatic heterocycles. The Hall–Kier alpha value is -3.18. The summed E-state index contributed by atoms with van der Waals surface area (Å²) in [6, 6.07) is 7.69. The number of non-ortho nitro benzene ring substituents is 1. The Morgan fingerprint density at radius 3 is 2.42 bits per heavy atom. The maximum atomic E-state index is 12.0. The minimum Gasteiger partial charge on any atom is -0.395 e. The van der Waals surface area contributed by atoms with E-state index in [2.05, 4.69) is 15.5 Å². The summed E-state index contributed by atoms with van der Waals surface area (Å²) in [5.74, 6) is 0.448. The molecule has 11 nitrogen and oxygen atoms in total. The maximum absolute atomic E-state index is 12.0. The number of aliphatic hydroxyl groups excluding tert-OH is 1. The van der Waals surface area contributed by atoms with Crippen LogP contribution in [-0.4, -0.2) is 62.9 Å². The molecule has 1 aromatic heterocycles. The zero-order chi connectivity index (χ0) is 23.0. The molecule has 0 spiro atoms. The molecular weight excluding hydrogens is 404 g/mol. The molecule has 1 atom stereocenters. The zero-order valence-electron chi connectivity index (χ0n) is 18.1. The van der Waals surface area contributed by atoms with E-state index < -0.39 is 10.6 Å². The van der Waals surface area contributed by atoms with Crippen LogP contribution in [0.3, 0.4) is 0 Å². The van der Waals surface area contributed by atoms with Gasteiger partial charge >= 0.3 is 5.69 Å². The molecule has 170 valence electrons. The third-order valence-electron chi connectivity index (χ3n) is 5.14. The monoisotopic (exact) mass is 434 g/mol. The van der Waals surface area contributed by atoms with Crippen molar-refractivity contribution in [2.24, 2.45) is 14.1 Å². The number of hydrogen-bond donors (Lipinski definition) is 3. The predicted octanol–water partition coefficient (Wildman–Crippen LogP) is 0.589. The van der Waals surface area contributed by atoms with E-state index >= 15 is 0 Å². The number of hydrogen-bond acceptors (Lipinski definition) is 8. The summed E-state index contributed by atoms with van der Waals surface area (Å²) in [5.41, 5.74) is 0.0883. The maximum Gasteiger partial charge on any atom is 0.332 e. The largest absolute Gasteiger partial charge is 0.395 e. The van der Waals surface area contributed by atoms with Crippen LogP contribution in [0, 0.1) is 10.1 Å². The Morgan fingerprint density at radius 1 is 1.13 bits per heavy atom. The molecule has 0 amide bonds. The molecule has 31 heavy (non-hydrogen) atoms. The first-order chi connectivity index (χ1) is 14.7. The van der Waals surface area contributed by atoms with E-state index in [0.717, 1.165) is 23.2 Å². The lowest BCUT2D eigenvalue weighted by Crippen LogP contribution is -2.42. The van der Waals surface area contributed by atoms with Gasteiger partial charge in [0.05, 0.1) is 11.5 Å². The second kappa shape index (κ2) is 11.3. The first-order valence-corrected chi connectivity index (χ1v) is 10.1. The van der Waals surface area contributed by atoms with Gasteiger partial charge in [-0.2, -0.15) is 0 Å². The number of anilines is 2. The molecule has 0 saturated heterocycles. The molecule has 11 heteroatoms. The van der Waals surface area contributed by atoms with Gasteiger partial charge in [0.15, 0.2) is 0 Å². The fourth-order valence-electron chi connectivity index (χ4n) is 3.18. The lowest BCUT2D eigenvalue weighted by atomic mass is 10.2. The Bertz CT molecular complexity index is 985. The fourth-order valence-corrected chi connectivity index (χ4v) is 3.18. The summed E-state index contributed by atoms with van der Waals surface area (Å²) >= 11 is 0. The third kappa shape index (κ3) is 6.66. The van der Waals surface area contributed by atoms with E-state index in [-0.39, 0.29) is 23.9 Å². The number of nitrogens with zero attached hydrogens (tertiary/aromatic N) is 4. The molecule has 0 fully saturated rings. The summed E-state index contributed by atoms with van der Waals surface area (Å²) in [7, 11) is 3.04. The Balaban J connectivity index is 1.86. The van der Waals surface area contributed by atoms with E-state index in [0.29, 0.717) is 25.5 Å². The normalized spacial score (nSPS) is 12.0. The molecule has 0 aliphatic carbocycles. The summed E-state index contributed by atoms with van der Waals surface area (Å²) < 4.78 is 2.43. The molecule has 1 heterocycles. The van der Waals surface area contributed by atoms with E-state index in [9.17, 15) is 24.8 Å². The minimum absolute atomic E-state index is 0.0183. The van der Waals surface area contributed by atoms with Crippen molar-refractivity contribution in [3.63, 3.8) is 0 Å². The lowest BCUT2D eigenvalue weighted by Gasteiger charge is -2.29. The van der Waals surface area contributed by atoms with Crippen molar-refractivity contribution < 1.29 is 10.0 Å². The Labute approximate surface area is 180 Å². The van der Waals surface area contributed by atoms with Crippen molar-refractivity contribution >= 4 is 17.2 Å². The van der Waals surface area contributed by atoms with Gasteiger partial charge in [-0.15, -0.1) is 0 Å². The molecule has 1 unspecified atom stereocenters. The lowest BCUT2D eigenvalue weighted by molar-refractivity contribution is -0.384. The van der Waals surface area contributed by atoms with Crippen molar-refractivity contribution in [3.05, 3.63) is 61.3 Å². The van der Waals surface area contributed by atoms with Gasteiger partial charge in [0.25, 0.3) is 11.2 Å². The van der Waals surface area contributed by atoms with Crippen molar-refractivity contribution in [1.82, 2.24) is 14.0 Å². The molecule has 0 aliphatic rings. The van der Waals surface area contributed by atoms with Crippen LogP contribution in [0.5, 0.6) is 0 Å². The molecule has 0 saturated carbocycles. The quantitative estimate of drug-likeness (QED) is 0.251. The van der Waals surface area contributed by atoms with Crippen molar-refractivity contribution in [2.45, 2.75) is 19.4 Å². The third-order valence-corrected chi connectivity index (χ3v) is 5.14. The van der Waals surface area contributed by atoms with Crippen molar-refractivity contribution in [3.8, 4) is 0 Å². The highest BCUT2D eigenvalue weighted by atomic mass is 16.6. The molecule has 2 rings (SSSR count). The number of aliphatic hydroxyl groups is 1. The highest BCUT2D eigenvalue weighted by Gasteiger charge is 2.14. The van der Waals surface area contributed by atoms with Gasteiger partial charge in [-0.1, -0.05) is 0 Å². The van der Waals surface area contributed by atoms with Gasteiger partial charge < -0.3 is 15.7 Å². The van der Waals surface area contributed by atoms with Crippen LogP contribution in [-0.2, 0) is 14.1 Å².